The number of carbonyl (C=O) groups is 2. The quantitative estimate of drug-likeness (QED) is 0.196. The summed E-state index contributed by atoms with van der Waals surface area (Å²) in [6.07, 6.45) is 0.340. The topological polar surface area (TPSA) is 99.7 Å². The monoisotopic (exact) mass is 537 g/mol. The van der Waals surface area contributed by atoms with Gasteiger partial charge in [0.2, 0.25) is 5.91 Å². The summed E-state index contributed by atoms with van der Waals surface area (Å²) in [5.74, 6) is 0.229. The normalized spacial score (nSPS) is 11.4. The number of aliphatic hydroxyl groups is 1. The Morgan fingerprint density at radius 3 is 2.27 bits per heavy atom. The van der Waals surface area contributed by atoms with Crippen LogP contribution in [0.3, 0.4) is 0 Å². The molecule has 1 unspecified atom stereocenters. The van der Waals surface area contributed by atoms with Crippen LogP contribution in [-0.2, 0) is 17.8 Å². The molecule has 4 aromatic rings. The summed E-state index contributed by atoms with van der Waals surface area (Å²) in [6.45, 7) is 2.83. The van der Waals surface area contributed by atoms with E-state index in [1.165, 1.54) is 0 Å². The second-order valence-electron chi connectivity index (χ2n) is 9.60. The van der Waals surface area contributed by atoms with Crippen molar-refractivity contribution in [3.8, 4) is 16.9 Å². The fourth-order valence-corrected chi connectivity index (χ4v) is 4.38. The van der Waals surface area contributed by atoms with Gasteiger partial charge in [0.1, 0.15) is 11.8 Å². The van der Waals surface area contributed by atoms with Crippen molar-refractivity contribution in [2.75, 3.05) is 25.5 Å². The van der Waals surface area contributed by atoms with E-state index in [2.05, 4.69) is 16.0 Å². The molecule has 7 nitrogen and oxygen atoms in total. The second kappa shape index (κ2) is 14.0. The summed E-state index contributed by atoms with van der Waals surface area (Å²) >= 11 is 0. The number of aliphatic hydroxyl groups excluding tert-OH is 1. The van der Waals surface area contributed by atoms with E-state index in [1.807, 2.05) is 91.9 Å². The van der Waals surface area contributed by atoms with Crippen LogP contribution in [0.25, 0.3) is 11.1 Å². The summed E-state index contributed by atoms with van der Waals surface area (Å²) in [5, 5.41) is 18.6. The molecule has 0 bridgehead atoms. The average Bonchev–Trinajstić information content (AvgIpc) is 2.99. The summed E-state index contributed by atoms with van der Waals surface area (Å²) in [6, 6.07) is 29.7. The Labute approximate surface area is 235 Å². The van der Waals surface area contributed by atoms with Crippen LogP contribution in [0, 0.1) is 6.92 Å². The molecule has 0 radical (unpaired) electrons. The maximum Gasteiger partial charge on any atom is 0.251 e. The zero-order valence-corrected chi connectivity index (χ0v) is 22.8. The largest absolute Gasteiger partial charge is 0.497 e. The number of hydrogen-bond donors (Lipinski definition) is 4. The zero-order chi connectivity index (χ0) is 28.3. The number of hydrogen-bond acceptors (Lipinski definition) is 5. The van der Waals surface area contributed by atoms with Crippen LogP contribution < -0.4 is 20.7 Å². The first-order valence-electron chi connectivity index (χ1n) is 13.3. The Kier molecular flexibility index (Phi) is 9.91. The molecule has 0 aliphatic carbocycles. The highest BCUT2D eigenvalue weighted by Crippen LogP contribution is 2.22. The predicted molar refractivity (Wildman–Crippen MR) is 158 cm³/mol. The molecule has 4 aromatic carbocycles. The molecule has 1 atom stereocenters. The van der Waals surface area contributed by atoms with Crippen molar-refractivity contribution < 1.29 is 19.4 Å². The van der Waals surface area contributed by atoms with E-state index in [-0.39, 0.29) is 18.4 Å². The van der Waals surface area contributed by atoms with Crippen molar-refractivity contribution in [1.29, 1.82) is 0 Å². The van der Waals surface area contributed by atoms with Gasteiger partial charge in [0.15, 0.2) is 0 Å². The van der Waals surface area contributed by atoms with E-state index < -0.39 is 6.04 Å². The van der Waals surface area contributed by atoms with Crippen LogP contribution in [0.5, 0.6) is 5.75 Å². The molecule has 2 amide bonds. The number of ether oxygens (including phenoxy) is 1. The number of carbonyl (C=O) groups excluding carboxylic acids is 2. The van der Waals surface area contributed by atoms with E-state index in [9.17, 15) is 14.7 Å². The van der Waals surface area contributed by atoms with Crippen molar-refractivity contribution in [2.45, 2.75) is 26.0 Å². The Balaban J connectivity index is 1.42. The second-order valence-corrected chi connectivity index (χ2v) is 9.60. The van der Waals surface area contributed by atoms with Gasteiger partial charge in [0, 0.05) is 30.8 Å². The summed E-state index contributed by atoms with van der Waals surface area (Å²) in [5.41, 5.74) is 6.18. The lowest BCUT2D eigenvalue weighted by molar-refractivity contribution is -0.122. The highest BCUT2D eigenvalue weighted by atomic mass is 16.5. The number of methoxy groups -OCH3 is 1. The van der Waals surface area contributed by atoms with Crippen LogP contribution in [0.15, 0.2) is 97.1 Å². The van der Waals surface area contributed by atoms with E-state index in [1.54, 1.807) is 19.2 Å². The van der Waals surface area contributed by atoms with E-state index >= 15 is 0 Å². The SMILES string of the molecule is COc1ccc(NCCNC(=O)C(Cc2ccc(-c3cccc(CO)c3)cc2)NC(=O)c2cccc(C)c2)cc1. The van der Waals surface area contributed by atoms with Crippen LogP contribution >= 0.6 is 0 Å². The van der Waals surface area contributed by atoms with Gasteiger partial charge >= 0.3 is 0 Å². The standard InChI is InChI=1S/C33H35N3O4/c1-23-5-3-8-28(19-23)32(38)36-31(33(39)35-18-17-34-29-13-15-30(40-2)16-14-29)21-24-9-11-26(12-10-24)27-7-4-6-25(20-27)22-37/h3-16,19-20,31,34,37H,17-18,21-22H2,1-2H3,(H,35,39)(H,36,38). The minimum absolute atomic E-state index is 0.0149. The van der Waals surface area contributed by atoms with Gasteiger partial charge in [0.05, 0.1) is 13.7 Å². The Bertz CT molecular complexity index is 1420. The molecule has 0 fully saturated rings. The van der Waals surface area contributed by atoms with Gasteiger partial charge in [-0.25, -0.2) is 0 Å². The molecule has 7 heteroatoms. The first-order valence-corrected chi connectivity index (χ1v) is 13.3. The van der Waals surface area contributed by atoms with Crippen LogP contribution in [0.1, 0.15) is 27.0 Å². The fourth-order valence-electron chi connectivity index (χ4n) is 4.38. The van der Waals surface area contributed by atoms with E-state index in [0.29, 0.717) is 25.1 Å². The average molecular weight is 538 g/mol. The number of rotatable bonds is 12. The van der Waals surface area contributed by atoms with Crippen molar-refractivity contribution in [2.24, 2.45) is 0 Å². The van der Waals surface area contributed by atoms with Gasteiger partial charge in [-0.3, -0.25) is 9.59 Å². The third-order valence-corrected chi connectivity index (χ3v) is 6.58. The van der Waals surface area contributed by atoms with Crippen molar-refractivity contribution in [3.05, 3.63) is 119 Å². The highest BCUT2D eigenvalue weighted by Gasteiger charge is 2.22. The Hall–Kier alpha value is -4.62. The first kappa shape index (κ1) is 28.4. The first-order chi connectivity index (χ1) is 19.4. The molecule has 40 heavy (non-hydrogen) atoms. The molecule has 0 saturated carbocycles. The van der Waals surface area contributed by atoms with Gasteiger partial charge in [-0.1, -0.05) is 60.2 Å². The van der Waals surface area contributed by atoms with Crippen LogP contribution in [0.4, 0.5) is 5.69 Å². The lowest BCUT2D eigenvalue weighted by Gasteiger charge is -2.19. The lowest BCUT2D eigenvalue weighted by atomic mass is 9.99. The maximum atomic E-state index is 13.2. The summed E-state index contributed by atoms with van der Waals surface area (Å²) in [7, 11) is 1.62. The molecule has 4 N–H and O–H groups in total. The Morgan fingerprint density at radius 1 is 0.825 bits per heavy atom. The molecular formula is C33H35N3O4. The highest BCUT2D eigenvalue weighted by molar-refractivity contribution is 5.97. The molecule has 0 aliphatic heterocycles. The molecule has 206 valence electrons. The van der Waals surface area contributed by atoms with Gasteiger partial charge < -0.3 is 25.8 Å². The van der Waals surface area contributed by atoms with Crippen molar-refractivity contribution in [3.63, 3.8) is 0 Å². The van der Waals surface area contributed by atoms with Crippen LogP contribution in [0.2, 0.25) is 0 Å². The molecule has 4 rings (SSSR count). The lowest BCUT2D eigenvalue weighted by Crippen LogP contribution is -2.48. The van der Waals surface area contributed by atoms with E-state index in [4.69, 9.17) is 4.74 Å². The minimum atomic E-state index is -0.752. The predicted octanol–water partition coefficient (Wildman–Crippen LogP) is 4.73. The number of aryl methyl sites for hydroxylation is 1. The third-order valence-electron chi connectivity index (χ3n) is 6.58. The van der Waals surface area contributed by atoms with Gasteiger partial charge in [-0.2, -0.15) is 0 Å². The fraction of sp³-hybridized carbons (Fsp3) is 0.212. The van der Waals surface area contributed by atoms with E-state index in [0.717, 1.165) is 39.3 Å². The smallest absolute Gasteiger partial charge is 0.251 e. The number of anilines is 1. The molecular weight excluding hydrogens is 502 g/mol. The third kappa shape index (κ3) is 7.94. The van der Waals surface area contributed by atoms with Gasteiger partial charge in [-0.15, -0.1) is 0 Å². The molecule has 0 spiro atoms. The van der Waals surface area contributed by atoms with Crippen molar-refractivity contribution >= 4 is 17.5 Å². The number of benzene rings is 4. The Morgan fingerprint density at radius 2 is 1.57 bits per heavy atom. The van der Waals surface area contributed by atoms with Crippen molar-refractivity contribution in [1.82, 2.24) is 10.6 Å². The summed E-state index contributed by atoms with van der Waals surface area (Å²) in [4.78, 5) is 26.3. The minimum Gasteiger partial charge on any atom is -0.497 e. The van der Waals surface area contributed by atoms with Crippen LogP contribution in [-0.4, -0.2) is 43.2 Å². The number of amides is 2. The van der Waals surface area contributed by atoms with Gasteiger partial charge in [-0.05, 0) is 71.6 Å². The summed E-state index contributed by atoms with van der Waals surface area (Å²) < 4.78 is 5.18. The molecule has 0 aromatic heterocycles. The number of nitrogens with one attached hydrogen (secondary N) is 3. The van der Waals surface area contributed by atoms with Gasteiger partial charge in [0.25, 0.3) is 5.91 Å². The zero-order valence-electron chi connectivity index (χ0n) is 22.8. The maximum absolute atomic E-state index is 13.2. The molecule has 0 heterocycles. The molecule has 0 saturated heterocycles. The molecule has 0 aliphatic rings.